The Hall–Kier alpha value is -0.940. The van der Waals surface area contributed by atoms with Gasteiger partial charge in [0.05, 0.1) is 6.04 Å². The van der Waals surface area contributed by atoms with Gasteiger partial charge in [-0.15, -0.1) is 0 Å². The highest BCUT2D eigenvalue weighted by atomic mass is 16.5. The number of likely N-dealkylation sites (N-methyl/N-ethyl adjacent to an activating group) is 1. The Morgan fingerprint density at radius 2 is 2.31 bits per heavy atom. The van der Waals surface area contributed by atoms with Crippen LogP contribution in [0.2, 0.25) is 0 Å². The van der Waals surface area contributed by atoms with Crippen molar-refractivity contribution in [3.63, 3.8) is 0 Å². The van der Waals surface area contributed by atoms with E-state index in [1.807, 2.05) is 0 Å². The average molecular weight is 222 g/mol. The van der Waals surface area contributed by atoms with E-state index in [1.54, 1.807) is 0 Å². The predicted octanol–water partition coefficient (Wildman–Crippen LogP) is 0.913. The zero-order chi connectivity index (χ0) is 11.0. The molecular weight excluding hydrogens is 204 g/mol. The first kappa shape index (κ1) is 10.2. The minimum absolute atomic E-state index is 0.270. The van der Waals surface area contributed by atoms with Crippen molar-refractivity contribution >= 4 is 0 Å². The molecule has 1 N–H and O–H groups in total. The highest BCUT2D eigenvalue weighted by molar-refractivity contribution is 5.02. The van der Waals surface area contributed by atoms with Gasteiger partial charge in [-0.05, 0) is 19.9 Å². The summed E-state index contributed by atoms with van der Waals surface area (Å²) in [5, 5.41) is 7.49. The maximum Gasteiger partial charge on any atom is 0.229 e. The minimum Gasteiger partial charge on any atom is -0.339 e. The Kier molecular flexibility index (Phi) is 2.65. The topological polar surface area (TPSA) is 54.2 Å². The third-order valence-corrected chi connectivity index (χ3v) is 3.72. The lowest BCUT2D eigenvalue weighted by Gasteiger charge is -2.30. The van der Waals surface area contributed by atoms with Crippen LogP contribution < -0.4 is 5.32 Å². The zero-order valence-corrected chi connectivity index (χ0v) is 9.65. The van der Waals surface area contributed by atoms with Gasteiger partial charge in [0, 0.05) is 25.6 Å². The van der Waals surface area contributed by atoms with Crippen LogP contribution >= 0.6 is 0 Å². The second-order valence-corrected chi connectivity index (χ2v) is 4.82. The van der Waals surface area contributed by atoms with Crippen molar-refractivity contribution in [2.24, 2.45) is 0 Å². The van der Waals surface area contributed by atoms with Crippen LogP contribution in [0.3, 0.4) is 0 Å². The van der Waals surface area contributed by atoms with Crippen LogP contribution in [-0.2, 0) is 0 Å². The third-order valence-electron chi connectivity index (χ3n) is 3.72. The van der Waals surface area contributed by atoms with Crippen molar-refractivity contribution in [2.45, 2.75) is 31.2 Å². The van der Waals surface area contributed by atoms with Gasteiger partial charge in [0.1, 0.15) is 0 Å². The summed E-state index contributed by atoms with van der Waals surface area (Å²) in [4.78, 5) is 6.83. The molecule has 5 nitrogen and oxygen atoms in total. The molecule has 1 aromatic heterocycles. The molecule has 1 aliphatic heterocycles. The molecule has 2 aliphatic rings. The summed E-state index contributed by atoms with van der Waals surface area (Å²) in [5.74, 6) is 2.22. The predicted molar refractivity (Wildman–Crippen MR) is 59.1 cm³/mol. The molecule has 1 saturated carbocycles. The quantitative estimate of drug-likeness (QED) is 0.806. The van der Waals surface area contributed by atoms with Crippen LogP contribution in [0.1, 0.15) is 42.9 Å². The molecule has 1 aliphatic carbocycles. The maximum atomic E-state index is 5.35. The summed E-state index contributed by atoms with van der Waals surface area (Å²) < 4.78 is 5.35. The minimum atomic E-state index is 0.270. The van der Waals surface area contributed by atoms with Crippen LogP contribution in [0, 0.1) is 0 Å². The molecule has 0 aromatic carbocycles. The maximum absolute atomic E-state index is 5.35. The van der Waals surface area contributed by atoms with Crippen molar-refractivity contribution in [3.05, 3.63) is 11.7 Å². The van der Waals surface area contributed by atoms with E-state index < -0.39 is 0 Å². The van der Waals surface area contributed by atoms with E-state index in [0.29, 0.717) is 5.92 Å². The molecular formula is C11H18N4O. The van der Waals surface area contributed by atoms with Crippen molar-refractivity contribution in [1.29, 1.82) is 0 Å². The van der Waals surface area contributed by atoms with Crippen LogP contribution in [0.15, 0.2) is 4.52 Å². The molecule has 2 fully saturated rings. The Balaban J connectivity index is 1.75. The normalized spacial score (nSPS) is 27.9. The molecule has 0 amide bonds. The van der Waals surface area contributed by atoms with Crippen LogP contribution in [-0.4, -0.2) is 41.7 Å². The van der Waals surface area contributed by atoms with Gasteiger partial charge in [-0.2, -0.15) is 4.98 Å². The highest BCUT2D eigenvalue weighted by Crippen LogP contribution is 2.35. The third kappa shape index (κ3) is 1.74. The molecule has 0 radical (unpaired) electrons. The molecule has 1 unspecified atom stereocenters. The molecule has 1 atom stereocenters. The van der Waals surface area contributed by atoms with E-state index in [-0.39, 0.29) is 6.04 Å². The molecule has 5 heteroatoms. The van der Waals surface area contributed by atoms with E-state index in [0.717, 1.165) is 31.3 Å². The molecule has 1 saturated heterocycles. The summed E-state index contributed by atoms with van der Waals surface area (Å²) in [7, 11) is 2.12. The molecule has 16 heavy (non-hydrogen) atoms. The molecule has 0 bridgehead atoms. The van der Waals surface area contributed by atoms with Crippen LogP contribution in [0.5, 0.6) is 0 Å². The Morgan fingerprint density at radius 1 is 1.44 bits per heavy atom. The van der Waals surface area contributed by atoms with Gasteiger partial charge in [-0.1, -0.05) is 11.6 Å². The van der Waals surface area contributed by atoms with Crippen molar-refractivity contribution in [1.82, 2.24) is 20.4 Å². The lowest BCUT2D eigenvalue weighted by Crippen LogP contribution is -2.44. The summed E-state index contributed by atoms with van der Waals surface area (Å²) in [5.41, 5.74) is 0. The van der Waals surface area contributed by atoms with Crippen molar-refractivity contribution < 1.29 is 4.52 Å². The monoisotopic (exact) mass is 222 g/mol. The van der Waals surface area contributed by atoms with Gasteiger partial charge in [-0.25, -0.2) is 0 Å². The zero-order valence-electron chi connectivity index (χ0n) is 9.65. The van der Waals surface area contributed by atoms with Gasteiger partial charge < -0.3 is 9.84 Å². The number of hydrogen-bond donors (Lipinski definition) is 1. The fourth-order valence-corrected chi connectivity index (χ4v) is 2.30. The number of nitrogens with zero attached hydrogens (tertiary/aromatic N) is 3. The van der Waals surface area contributed by atoms with E-state index in [4.69, 9.17) is 4.52 Å². The fourth-order valence-electron chi connectivity index (χ4n) is 2.30. The first-order chi connectivity index (χ1) is 7.84. The summed E-state index contributed by atoms with van der Waals surface area (Å²) in [6.45, 7) is 3.00. The van der Waals surface area contributed by atoms with E-state index in [1.165, 1.54) is 19.3 Å². The van der Waals surface area contributed by atoms with E-state index >= 15 is 0 Å². The SMILES string of the molecule is CN1CCNCC1c1noc(C2CCC2)n1. The van der Waals surface area contributed by atoms with Crippen molar-refractivity contribution in [3.8, 4) is 0 Å². The van der Waals surface area contributed by atoms with Gasteiger partial charge in [0.15, 0.2) is 5.82 Å². The number of hydrogen-bond acceptors (Lipinski definition) is 5. The largest absolute Gasteiger partial charge is 0.339 e. The number of nitrogens with one attached hydrogen (secondary N) is 1. The van der Waals surface area contributed by atoms with Crippen LogP contribution in [0.4, 0.5) is 0 Å². The first-order valence-corrected chi connectivity index (χ1v) is 6.09. The molecule has 2 heterocycles. The standard InChI is InChI=1S/C11H18N4O/c1-15-6-5-12-7-9(15)10-13-11(16-14-10)8-3-2-4-8/h8-9,12H,2-7H2,1H3. The van der Waals surface area contributed by atoms with Gasteiger partial charge in [0.25, 0.3) is 0 Å². The second-order valence-electron chi connectivity index (χ2n) is 4.82. The second kappa shape index (κ2) is 4.14. The van der Waals surface area contributed by atoms with Crippen molar-refractivity contribution in [2.75, 3.05) is 26.7 Å². The lowest BCUT2D eigenvalue weighted by molar-refractivity contribution is 0.190. The highest BCUT2D eigenvalue weighted by Gasteiger charge is 2.29. The first-order valence-electron chi connectivity index (χ1n) is 6.09. The van der Waals surface area contributed by atoms with E-state index in [9.17, 15) is 0 Å². The average Bonchev–Trinajstić information content (AvgIpc) is 2.65. The number of aromatic nitrogens is 2. The summed E-state index contributed by atoms with van der Waals surface area (Å²) in [6, 6.07) is 0.270. The van der Waals surface area contributed by atoms with Gasteiger partial charge >= 0.3 is 0 Å². The number of piperazine rings is 1. The molecule has 1 aromatic rings. The number of rotatable bonds is 2. The summed E-state index contributed by atoms with van der Waals surface area (Å²) >= 11 is 0. The lowest BCUT2D eigenvalue weighted by atomic mass is 9.85. The molecule has 3 rings (SSSR count). The Morgan fingerprint density at radius 3 is 3.00 bits per heavy atom. The van der Waals surface area contributed by atoms with Gasteiger partial charge in [-0.3, -0.25) is 4.90 Å². The Labute approximate surface area is 95.2 Å². The molecule has 0 spiro atoms. The smallest absolute Gasteiger partial charge is 0.229 e. The van der Waals surface area contributed by atoms with Gasteiger partial charge in [0.2, 0.25) is 5.89 Å². The summed E-state index contributed by atoms with van der Waals surface area (Å²) in [6.07, 6.45) is 3.72. The van der Waals surface area contributed by atoms with E-state index in [2.05, 4.69) is 27.4 Å². The van der Waals surface area contributed by atoms with Crippen LogP contribution in [0.25, 0.3) is 0 Å². The Bertz CT molecular complexity index is 361. The molecule has 88 valence electrons. The fraction of sp³-hybridized carbons (Fsp3) is 0.818.